The molecule has 1 saturated heterocycles. The predicted octanol–water partition coefficient (Wildman–Crippen LogP) is -1.93. The molecule has 0 aliphatic carbocycles. The summed E-state index contributed by atoms with van der Waals surface area (Å²) in [6.07, 6.45) is -3.58. The van der Waals surface area contributed by atoms with Crippen LogP contribution in [0.4, 0.5) is 5.88 Å². The molecule has 5 unspecified atom stereocenters. The second-order valence-corrected chi connectivity index (χ2v) is 6.17. The summed E-state index contributed by atoms with van der Waals surface area (Å²) in [6.45, 7) is 0.724. The smallest absolute Gasteiger partial charge is 0.319 e. The first kappa shape index (κ1) is 20.0. The van der Waals surface area contributed by atoms with E-state index in [2.05, 4.69) is 10.6 Å². The van der Waals surface area contributed by atoms with Crippen LogP contribution < -0.4 is 20.2 Å². The van der Waals surface area contributed by atoms with Crippen LogP contribution in [0.25, 0.3) is 5.69 Å². The van der Waals surface area contributed by atoms with Crippen molar-refractivity contribution in [2.45, 2.75) is 37.6 Å². The molecule has 0 saturated carbocycles. The van der Waals surface area contributed by atoms with Crippen LogP contribution >= 0.6 is 0 Å². The lowest BCUT2D eigenvalue weighted by atomic mass is 9.97. The Balaban J connectivity index is 1.76. The van der Waals surface area contributed by atoms with Crippen molar-refractivity contribution in [3.63, 3.8) is 0 Å². The van der Waals surface area contributed by atoms with E-state index in [1.807, 2.05) is 5.48 Å². The Bertz CT molecular complexity index is 798. The maximum absolute atomic E-state index is 11.4. The number of aliphatic hydroxyl groups is 3. The van der Waals surface area contributed by atoms with Crippen molar-refractivity contribution in [2.24, 2.45) is 0 Å². The third kappa shape index (κ3) is 4.21. The average molecular weight is 397 g/mol. The van der Waals surface area contributed by atoms with Crippen LogP contribution in [0.1, 0.15) is 6.92 Å². The number of nitrogens with one attached hydrogen (secondary N) is 2. The van der Waals surface area contributed by atoms with Crippen LogP contribution in [0.15, 0.2) is 35.0 Å². The third-order valence-corrected chi connectivity index (χ3v) is 4.18. The van der Waals surface area contributed by atoms with Crippen LogP contribution in [0.5, 0.6) is 5.75 Å². The molecule has 12 heteroatoms. The van der Waals surface area contributed by atoms with Crippen LogP contribution in [0.3, 0.4) is 0 Å². The SMILES string of the molecule is CC(=O)NC1C(Oc2ccc(-[n+]3cc(NO)on3)cc2)OC(CO)C(O)C1O. The summed E-state index contributed by atoms with van der Waals surface area (Å²) in [5, 5.41) is 44.6. The van der Waals surface area contributed by atoms with Gasteiger partial charge < -0.3 is 30.1 Å². The number of nitrogens with zero attached hydrogens (tertiary/aromatic N) is 2. The van der Waals surface area contributed by atoms with Crippen molar-refractivity contribution in [1.82, 2.24) is 10.6 Å². The topological polar surface area (TPSA) is 170 Å². The van der Waals surface area contributed by atoms with Gasteiger partial charge in [-0.2, -0.15) is 0 Å². The molecule has 2 aromatic rings. The van der Waals surface area contributed by atoms with Gasteiger partial charge in [0.15, 0.2) is 0 Å². The second kappa shape index (κ2) is 8.50. The minimum atomic E-state index is -1.39. The predicted molar refractivity (Wildman–Crippen MR) is 89.4 cm³/mol. The summed E-state index contributed by atoms with van der Waals surface area (Å²) >= 11 is 0. The van der Waals surface area contributed by atoms with Gasteiger partial charge in [-0.05, 0) is 16.8 Å². The van der Waals surface area contributed by atoms with Gasteiger partial charge in [0.05, 0.1) is 6.61 Å². The number of benzene rings is 1. The Labute approximate surface area is 158 Å². The van der Waals surface area contributed by atoms with Gasteiger partial charge in [-0.25, -0.2) is 5.48 Å². The summed E-state index contributed by atoms with van der Waals surface area (Å²) in [6, 6.07) is 5.41. The normalized spacial score (nSPS) is 27.2. The molecule has 2 heterocycles. The van der Waals surface area contributed by atoms with Gasteiger partial charge in [-0.3, -0.25) is 14.5 Å². The molecular formula is C16H21N4O8+. The summed E-state index contributed by atoms with van der Waals surface area (Å²) < 4.78 is 17.4. The molecule has 1 fully saturated rings. The standard InChI is InChI=1S/C16H20N4O8/c1-8(22)17-13-15(24)14(23)11(7-21)27-16(13)26-10-4-2-9(3-5-10)20-6-12(18-25)28-19-20/h2-6,11,13-16,21,23-24H,7H2,1H3,(H2-,17,18,19,22,25)/p+1. The maximum atomic E-state index is 11.4. The van der Waals surface area contributed by atoms with Crippen molar-refractivity contribution in [3.8, 4) is 11.4 Å². The van der Waals surface area contributed by atoms with E-state index in [1.54, 1.807) is 24.3 Å². The lowest BCUT2D eigenvalue weighted by Gasteiger charge is -2.42. The molecule has 1 aromatic carbocycles. The third-order valence-electron chi connectivity index (χ3n) is 4.18. The molecule has 152 valence electrons. The summed E-state index contributed by atoms with van der Waals surface area (Å²) in [5.74, 6) is -0.0485. The van der Waals surface area contributed by atoms with Crippen molar-refractivity contribution in [2.75, 3.05) is 12.1 Å². The zero-order valence-corrected chi connectivity index (χ0v) is 14.8. The number of carbonyl (C=O) groups is 1. The molecule has 6 N–H and O–H groups in total. The maximum Gasteiger partial charge on any atom is 0.319 e. The fraction of sp³-hybridized carbons (Fsp3) is 0.438. The molecule has 12 nitrogen and oxygen atoms in total. The number of amides is 1. The molecule has 0 spiro atoms. The Morgan fingerprint density at radius 3 is 2.57 bits per heavy atom. The van der Waals surface area contributed by atoms with E-state index < -0.39 is 43.2 Å². The Morgan fingerprint density at radius 2 is 2.00 bits per heavy atom. The number of anilines is 1. The quantitative estimate of drug-likeness (QED) is 0.238. The fourth-order valence-corrected chi connectivity index (χ4v) is 2.80. The number of hydrogen-bond donors (Lipinski definition) is 6. The van der Waals surface area contributed by atoms with E-state index in [0.717, 1.165) is 0 Å². The monoisotopic (exact) mass is 397 g/mol. The highest BCUT2D eigenvalue weighted by Crippen LogP contribution is 2.24. The molecular weight excluding hydrogens is 376 g/mol. The number of aromatic nitrogens is 2. The Kier molecular flexibility index (Phi) is 6.06. The summed E-state index contributed by atoms with van der Waals surface area (Å²) in [7, 11) is 0. The lowest BCUT2D eigenvalue weighted by molar-refractivity contribution is -0.670. The largest absolute Gasteiger partial charge is 0.463 e. The molecule has 3 rings (SSSR count). The van der Waals surface area contributed by atoms with Gasteiger partial charge in [-0.1, -0.05) is 0 Å². The van der Waals surface area contributed by atoms with Gasteiger partial charge in [0.25, 0.3) is 6.20 Å². The number of carbonyl (C=O) groups excluding carboxylic acids is 1. The van der Waals surface area contributed by atoms with E-state index in [9.17, 15) is 20.1 Å². The fourth-order valence-electron chi connectivity index (χ4n) is 2.80. The van der Waals surface area contributed by atoms with Crippen LogP contribution in [0.2, 0.25) is 0 Å². The Morgan fingerprint density at radius 1 is 1.29 bits per heavy atom. The zero-order chi connectivity index (χ0) is 20.3. The van der Waals surface area contributed by atoms with Crippen LogP contribution in [-0.2, 0) is 9.53 Å². The van der Waals surface area contributed by atoms with Gasteiger partial charge in [0.1, 0.15) is 30.1 Å². The number of aliphatic hydroxyl groups excluding tert-OH is 3. The summed E-state index contributed by atoms with van der Waals surface area (Å²) in [4.78, 5) is 11.4. The number of ether oxygens (including phenoxy) is 2. The highest BCUT2D eigenvalue weighted by atomic mass is 16.7. The van der Waals surface area contributed by atoms with E-state index in [4.69, 9.17) is 19.2 Å². The highest BCUT2D eigenvalue weighted by Gasteiger charge is 2.46. The number of rotatable bonds is 6. The van der Waals surface area contributed by atoms with Gasteiger partial charge in [-0.15, -0.1) is 0 Å². The molecule has 5 atom stereocenters. The first-order valence-corrected chi connectivity index (χ1v) is 8.38. The molecule has 1 amide bonds. The molecule has 28 heavy (non-hydrogen) atoms. The van der Waals surface area contributed by atoms with Crippen LogP contribution in [0, 0.1) is 0 Å². The second-order valence-electron chi connectivity index (χ2n) is 6.17. The van der Waals surface area contributed by atoms with Gasteiger partial charge in [0, 0.05) is 19.1 Å². The van der Waals surface area contributed by atoms with E-state index in [0.29, 0.717) is 11.4 Å². The number of hydrogen-bond acceptors (Lipinski definition) is 10. The molecule has 0 bridgehead atoms. The summed E-state index contributed by atoms with van der Waals surface area (Å²) in [5.41, 5.74) is 2.43. The molecule has 1 aliphatic heterocycles. The molecule has 1 aliphatic rings. The van der Waals surface area contributed by atoms with Gasteiger partial charge in [0.2, 0.25) is 23.2 Å². The Hall–Kier alpha value is -2.77. The first-order chi connectivity index (χ1) is 13.4. The zero-order valence-electron chi connectivity index (χ0n) is 14.8. The highest BCUT2D eigenvalue weighted by molar-refractivity contribution is 5.73. The van der Waals surface area contributed by atoms with Crippen molar-refractivity contribution >= 4 is 11.8 Å². The minimum absolute atomic E-state index is 0.0525. The van der Waals surface area contributed by atoms with E-state index in [1.165, 1.54) is 17.8 Å². The molecule has 0 radical (unpaired) electrons. The lowest BCUT2D eigenvalue weighted by Crippen LogP contribution is -2.65. The van der Waals surface area contributed by atoms with Crippen LogP contribution in [-0.4, -0.2) is 69.0 Å². The van der Waals surface area contributed by atoms with Gasteiger partial charge >= 0.3 is 5.88 Å². The van der Waals surface area contributed by atoms with Crippen molar-refractivity contribution in [1.29, 1.82) is 0 Å². The average Bonchev–Trinajstić information content (AvgIpc) is 3.17. The molecule has 1 aromatic heterocycles. The van der Waals surface area contributed by atoms with E-state index >= 15 is 0 Å². The minimum Gasteiger partial charge on any atom is -0.463 e. The first-order valence-electron chi connectivity index (χ1n) is 8.38. The van der Waals surface area contributed by atoms with Crippen molar-refractivity contribution < 1.29 is 44.0 Å². The van der Waals surface area contributed by atoms with Crippen molar-refractivity contribution in [3.05, 3.63) is 30.5 Å². The van der Waals surface area contributed by atoms with E-state index in [-0.39, 0.29) is 5.88 Å².